The molecule has 0 spiro atoms. The molecule has 1 fully saturated rings. The first kappa shape index (κ1) is 21.5. The van der Waals surface area contributed by atoms with E-state index < -0.39 is 10.0 Å². The smallest absolute Gasteiger partial charge is 0.244 e. The maximum absolute atomic E-state index is 13.0. The zero-order valence-corrected chi connectivity index (χ0v) is 20.0. The fourth-order valence-electron chi connectivity index (χ4n) is 3.54. The number of rotatable bonds is 6. The second-order valence-corrected chi connectivity index (χ2v) is 10.9. The molecule has 3 aromatic rings. The summed E-state index contributed by atoms with van der Waals surface area (Å²) in [5.41, 5.74) is 3.66. The number of halogens is 1. The first-order valence-corrected chi connectivity index (χ1v) is 13.1. The molecule has 0 bridgehead atoms. The van der Waals surface area contributed by atoms with E-state index in [9.17, 15) is 8.42 Å². The van der Waals surface area contributed by atoms with E-state index in [1.165, 1.54) is 11.1 Å². The summed E-state index contributed by atoms with van der Waals surface area (Å²) in [7, 11) is -3.50. The number of thiazole rings is 1. The molecule has 0 atom stereocenters. The van der Waals surface area contributed by atoms with Crippen LogP contribution in [0.2, 0.25) is 0 Å². The van der Waals surface area contributed by atoms with Crippen LogP contribution in [0.25, 0.3) is 0 Å². The number of piperazine rings is 1. The highest BCUT2D eigenvalue weighted by molar-refractivity contribution is 9.10. The summed E-state index contributed by atoms with van der Waals surface area (Å²) >= 11 is 4.99. The first-order chi connectivity index (χ1) is 14.5. The van der Waals surface area contributed by atoms with Gasteiger partial charge in [-0.1, -0.05) is 43.3 Å². The molecule has 30 heavy (non-hydrogen) atoms. The third kappa shape index (κ3) is 4.61. The fraction of sp³-hybridized carbons (Fsp3) is 0.318. The monoisotopic (exact) mass is 505 g/mol. The van der Waals surface area contributed by atoms with E-state index in [1.807, 2.05) is 6.07 Å². The van der Waals surface area contributed by atoms with Gasteiger partial charge < -0.3 is 4.90 Å². The first-order valence-electron chi connectivity index (χ1n) is 9.99. The molecule has 2 aromatic carbocycles. The number of benzene rings is 2. The van der Waals surface area contributed by atoms with Crippen molar-refractivity contribution in [3.8, 4) is 0 Å². The quantitative estimate of drug-likeness (QED) is 0.492. The van der Waals surface area contributed by atoms with Crippen molar-refractivity contribution in [2.45, 2.75) is 24.7 Å². The lowest BCUT2D eigenvalue weighted by atomic mass is 10.1. The molecule has 1 aliphatic heterocycles. The third-order valence-electron chi connectivity index (χ3n) is 5.32. The molecule has 0 amide bonds. The number of hydrogen-bond acceptors (Lipinski definition) is 5. The predicted molar refractivity (Wildman–Crippen MR) is 126 cm³/mol. The fourth-order valence-corrected chi connectivity index (χ4v) is 6.80. The number of hydrogen-bond donors (Lipinski definition) is 0. The van der Waals surface area contributed by atoms with E-state index in [0.717, 1.165) is 23.7 Å². The molecule has 5 nitrogen and oxygen atoms in total. The second-order valence-electron chi connectivity index (χ2n) is 7.29. The second kappa shape index (κ2) is 9.18. The molecule has 0 saturated carbocycles. The largest absolute Gasteiger partial charge is 0.345 e. The molecule has 0 radical (unpaired) electrons. The van der Waals surface area contributed by atoms with Crippen molar-refractivity contribution in [2.24, 2.45) is 0 Å². The van der Waals surface area contributed by atoms with E-state index in [1.54, 1.807) is 33.8 Å². The maximum Gasteiger partial charge on any atom is 0.244 e. The zero-order valence-electron chi connectivity index (χ0n) is 16.8. The summed E-state index contributed by atoms with van der Waals surface area (Å²) in [4.78, 5) is 7.30. The summed E-state index contributed by atoms with van der Waals surface area (Å²) in [6, 6.07) is 15.7. The highest BCUT2D eigenvalue weighted by Crippen LogP contribution is 2.28. The van der Waals surface area contributed by atoms with Gasteiger partial charge in [0.2, 0.25) is 10.0 Å². The minimum atomic E-state index is -3.50. The van der Waals surface area contributed by atoms with Gasteiger partial charge in [0.05, 0.1) is 10.6 Å². The van der Waals surface area contributed by atoms with Gasteiger partial charge >= 0.3 is 0 Å². The van der Waals surface area contributed by atoms with Crippen molar-refractivity contribution in [1.29, 1.82) is 0 Å². The number of nitrogens with zero attached hydrogens (tertiary/aromatic N) is 3. The molecule has 1 aromatic heterocycles. The zero-order chi connectivity index (χ0) is 21.1. The van der Waals surface area contributed by atoms with Crippen molar-refractivity contribution < 1.29 is 8.42 Å². The van der Waals surface area contributed by atoms with E-state index in [-0.39, 0.29) is 0 Å². The van der Waals surface area contributed by atoms with Gasteiger partial charge in [-0.05, 0) is 45.6 Å². The normalized spacial score (nSPS) is 15.5. The van der Waals surface area contributed by atoms with Crippen LogP contribution in [-0.2, 0) is 22.9 Å². The van der Waals surface area contributed by atoms with Gasteiger partial charge in [-0.25, -0.2) is 13.4 Å². The van der Waals surface area contributed by atoms with Crippen LogP contribution in [0.15, 0.2) is 63.3 Å². The van der Waals surface area contributed by atoms with E-state index in [4.69, 9.17) is 4.98 Å². The Bertz CT molecular complexity index is 1110. The van der Waals surface area contributed by atoms with Crippen LogP contribution in [0.1, 0.15) is 23.7 Å². The minimum absolute atomic E-state index is 0.323. The molecule has 0 N–H and O–H groups in total. The molecule has 8 heteroatoms. The number of aromatic nitrogens is 1. The van der Waals surface area contributed by atoms with Crippen LogP contribution < -0.4 is 4.90 Å². The van der Waals surface area contributed by atoms with Crippen LogP contribution >= 0.6 is 27.3 Å². The Kier molecular flexibility index (Phi) is 6.57. The lowest BCUT2D eigenvalue weighted by Gasteiger charge is -2.34. The number of anilines is 1. The third-order valence-corrected chi connectivity index (χ3v) is 9.18. The number of aryl methyl sites for hydroxylation is 1. The molecule has 0 aliphatic carbocycles. The van der Waals surface area contributed by atoms with Gasteiger partial charge in [-0.2, -0.15) is 4.31 Å². The standard InChI is InChI=1S/C22H24BrN3O2S2/c1-2-17-7-9-18(10-8-17)15-19-16-29-22(24-19)25-11-13-26(14-12-25)30(27,28)21-6-4-3-5-20(21)23/h3-10,16H,2,11-15H2,1H3. The lowest BCUT2D eigenvalue weighted by Crippen LogP contribution is -2.48. The van der Waals surface area contributed by atoms with Crippen molar-refractivity contribution in [2.75, 3.05) is 31.1 Å². The van der Waals surface area contributed by atoms with Gasteiger partial charge in [0.1, 0.15) is 0 Å². The van der Waals surface area contributed by atoms with Gasteiger partial charge in [0.25, 0.3) is 0 Å². The molecule has 1 saturated heterocycles. The summed E-state index contributed by atoms with van der Waals surface area (Å²) in [5.74, 6) is 0. The van der Waals surface area contributed by atoms with Crippen molar-refractivity contribution in [1.82, 2.24) is 9.29 Å². The van der Waals surface area contributed by atoms with Crippen LogP contribution in [0.5, 0.6) is 0 Å². The van der Waals surface area contributed by atoms with Crippen molar-refractivity contribution in [3.05, 3.63) is 75.2 Å². The maximum atomic E-state index is 13.0. The molecule has 1 aliphatic rings. The predicted octanol–water partition coefficient (Wildman–Crippen LogP) is 4.57. The van der Waals surface area contributed by atoms with Gasteiger partial charge in [0, 0.05) is 42.5 Å². The molecular weight excluding hydrogens is 482 g/mol. The van der Waals surface area contributed by atoms with E-state index >= 15 is 0 Å². The summed E-state index contributed by atoms with van der Waals surface area (Å²) in [5, 5.41) is 3.07. The Labute approximate surface area is 190 Å². The molecule has 2 heterocycles. The topological polar surface area (TPSA) is 53.5 Å². The van der Waals surface area contributed by atoms with Crippen LogP contribution in [-0.4, -0.2) is 43.9 Å². The Morgan fingerprint density at radius 2 is 1.67 bits per heavy atom. The average Bonchev–Trinajstić information content (AvgIpc) is 3.23. The SMILES string of the molecule is CCc1ccc(Cc2csc(N3CCN(S(=O)(=O)c4ccccc4Br)CC3)n2)cc1. The Morgan fingerprint density at radius 1 is 1.00 bits per heavy atom. The minimum Gasteiger partial charge on any atom is -0.345 e. The van der Waals surface area contributed by atoms with E-state index in [0.29, 0.717) is 35.5 Å². The van der Waals surface area contributed by atoms with E-state index in [2.05, 4.69) is 57.4 Å². The van der Waals surface area contributed by atoms with Gasteiger partial charge in [-0.3, -0.25) is 0 Å². The van der Waals surface area contributed by atoms with Crippen LogP contribution in [0, 0.1) is 0 Å². The summed E-state index contributed by atoms with van der Waals surface area (Å²) < 4.78 is 28.1. The number of sulfonamides is 1. The van der Waals surface area contributed by atoms with Gasteiger partial charge in [0.15, 0.2) is 5.13 Å². The highest BCUT2D eigenvalue weighted by Gasteiger charge is 2.30. The Morgan fingerprint density at radius 3 is 2.33 bits per heavy atom. The molecular formula is C22H24BrN3O2S2. The van der Waals surface area contributed by atoms with Gasteiger partial charge in [-0.15, -0.1) is 11.3 Å². The Hall–Kier alpha value is -1.74. The molecule has 158 valence electrons. The highest BCUT2D eigenvalue weighted by atomic mass is 79.9. The summed E-state index contributed by atoms with van der Waals surface area (Å²) in [6.07, 6.45) is 1.86. The molecule has 4 rings (SSSR count). The average molecular weight is 506 g/mol. The van der Waals surface area contributed by atoms with Crippen molar-refractivity contribution >= 4 is 42.4 Å². The van der Waals surface area contributed by atoms with Crippen LogP contribution in [0.4, 0.5) is 5.13 Å². The molecule has 0 unspecified atom stereocenters. The summed E-state index contributed by atoms with van der Waals surface area (Å²) in [6.45, 7) is 4.35. The lowest BCUT2D eigenvalue weighted by molar-refractivity contribution is 0.384. The van der Waals surface area contributed by atoms with Crippen LogP contribution in [0.3, 0.4) is 0 Å². The van der Waals surface area contributed by atoms with Crippen molar-refractivity contribution in [3.63, 3.8) is 0 Å². The Balaban J connectivity index is 1.39.